The molecule has 0 radical (unpaired) electrons. The minimum Gasteiger partial charge on any atom is -0.496 e. The first-order valence-electron chi connectivity index (χ1n) is 13.7. The first-order chi connectivity index (χ1) is 20.5. The summed E-state index contributed by atoms with van der Waals surface area (Å²) in [5.74, 6) is -2.00. The van der Waals surface area contributed by atoms with Crippen LogP contribution in [0.5, 0.6) is 28.7 Å². The van der Waals surface area contributed by atoms with Crippen LogP contribution in [0.3, 0.4) is 0 Å². The van der Waals surface area contributed by atoms with Gasteiger partial charge in [-0.05, 0) is 47.0 Å². The van der Waals surface area contributed by atoms with Crippen molar-refractivity contribution in [3.05, 3.63) is 102 Å². The molecule has 1 aliphatic heterocycles. The fourth-order valence-corrected chi connectivity index (χ4v) is 6.19. The molecule has 0 saturated heterocycles. The Kier molecular flexibility index (Phi) is 7.44. The van der Waals surface area contributed by atoms with Gasteiger partial charge in [0.05, 0.1) is 26.1 Å². The van der Waals surface area contributed by atoms with E-state index in [1.54, 1.807) is 36.4 Å². The molecule has 214 valence electrons. The number of para-hydroxylation sites is 3. The topological polar surface area (TPSA) is 101 Å². The second-order valence-corrected chi connectivity index (χ2v) is 10.2. The number of methoxy groups -OCH3 is 2. The van der Waals surface area contributed by atoms with Gasteiger partial charge in [0, 0.05) is 17.4 Å². The Balaban J connectivity index is 1.41. The lowest BCUT2D eigenvalue weighted by Crippen LogP contribution is -2.52. The predicted molar refractivity (Wildman–Crippen MR) is 155 cm³/mol. The van der Waals surface area contributed by atoms with E-state index in [2.05, 4.69) is 0 Å². The highest BCUT2D eigenvalue weighted by Crippen LogP contribution is 2.60. The van der Waals surface area contributed by atoms with Crippen molar-refractivity contribution >= 4 is 11.9 Å². The highest BCUT2D eigenvalue weighted by atomic mass is 16.6. The summed E-state index contributed by atoms with van der Waals surface area (Å²) < 4.78 is 28.7. The van der Waals surface area contributed by atoms with Crippen molar-refractivity contribution < 1.29 is 38.4 Å². The Labute approximate surface area is 243 Å². The van der Waals surface area contributed by atoms with E-state index >= 15 is 0 Å². The maximum atomic E-state index is 14.2. The summed E-state index contributed by atoms with van der Waals surface area (Å²) in [6.45, 7) is 0.939. The smallest absolute Gasteiger partial charge is 0.315 e. The quantitative estimate of drug-likeness (QED) is 0.206. The maximum Gasteiger partial charge on any atom is 0.315 e. The molecule has 0 bridgehead atoms. The molecule has 2 atom stereocenters. The maximum absolute atomic E-state index is 14.2. The number of ether oxygens (including phenoxy) is 5. The SMILES string of the molecule is COc1ccccc1[C@@H]1C(C(=O)O)[C@@H](c2ccccc2OC)C1C(=O)Oc1ccccc1-c1ccc2c(c1)OCCO2. The minimum atomic E-state index is -1.01. The van der Waals surface area contributed by atoms with E-state index in [1.165, 1.54) is 14.2 Å². The molecule has 8 nitrogen and oxygen atoms in total. The molecule has 0 spiro atoms. The highest BCUT2D eigenvalue weighted by Gasteiger charge is 2.60. The Morgan fingerprint density at radius 3 is 1.83 bits per heavy atom. The zero-order valence-corrected chi connectivity index (χ0v) is 23.2. The van der Waals surface area contributed by atoms with Gasteiger partial charge in [-0.15, -0.1) is 0 Å². The summed E-state index contributed by atoms with van der Waals surface area (Å²) in [7, 11) is 3.06. The van der Waals surface area contributed by atoms with Crippen LogP contribution in [0.1, 0.15) is 23.0 Å². The Hall–Kier alpha value is -4.98. The summed E-state index contributed by atoms with van der Waals surface area (Å²) in [6, 6.07) is 27.2. The highest BCUT2D eigenvalue weighted by molar-refractivity contribution is 5.87. The molecule has 1 saturated carbocycles. The van der Waals surface area contributed by atoms with Crippen LogP contribution in [0.2, 0.25) is 0 Å². The Morgan fingerprint density at radius 2 is 1.24 bits per heavy atom. The summed E-state index contributed by atoms with van der Waals surface area (Å²) in [5, 5.41) is 10.4. The first-order valence-corrected chi connectivity index (χ1v) is 13.7. The molecule has 0 aromatic heterocycles. The van der Waals surface area contributed by atoms with Gasteiger partial charge in [-0.3, -0.25) is 9.59 Å². The van der Waals surface area contributed by atoms with Gasteiger partial charge in [-0.1, -0.05) is 60.7 Å². The second kappa shape index (κ2) is 11.5. The Bertz CT molecular complexity index is 1570. The molecular formula is C34H30O8. The predicted octanol–water partition coefficient (Wildman–Crippen LogP) is 5.95. The van der Waals surface area contributed by atoms with Gasteiger partial charge in [0.25, 0.3) is 0 Å². The van der Waals surface area contributed by atoms with Crippen LogP contribution < -0.4 is 23.7 Å². The van der Waals surface area contributed by atoms with Crippen molar-refractivity contribution in [1.82, 2.24) is 0 Å². The molecule has 0 unspecified atom stereocenters. The largest absolute Gasteiger partial charge is 0.496 e. The molecule has 8 heteroatoms. The number of carboxylic acid groups (broad SMARTS) is 1. The summed E-state index contributed by atoms with van der Waals surface area (Å²) >= 11 is 0. The van der Waals surface area contributed by atoms with Crippen LogP contribution in [-0.2, 0) is 9.59 Å². The van der Waals surface area contributed by atoms with E-state index in [4.69, 9.17) is 23.7 Å². The van der Waals surface area contributed by atoms with E-state index < -0.39 is 35.6 Å². The molecule has 4 aromatic rings. The zero-order valence-electron chi connectivity index (χ0n) is 23.2. The van der Waals surface area contributed by atoms with Crippen LogP contribution in [0.15, 0.2) is 91.0 Å². The monoisotopic (exact) mass is 566 g/mol. The molecule has 4 aromatic carbocycles. The number of hydrogen-bond acceptors (Lipinski definition) is 7. The third kappa shape index (κ3) is 4.79. The van der Waals surface area contributed by atoms with Gasteiger partial charge < -0.3 is 28.8 Å². The number of fused-ring (bicyclic) bond motifs is 1. The fraction of sp³-hybridized carbons (Fsp3) is 0.235. The number of benzene rings is 4. The lowest BCUT2D eigenvalue weighted by Gasteiger charge is -2.49. The van der Waals surface area contributed by atoms with Crippen molar-refractivity contribution in [3.63, 3.8) is 0 Å². The van der Waals surface area contributed by atoms with Crippen molar-refractivity contribution in [2.45, 2.75) is 11.8 Å². The summed E-state index contributed by atoms with van der Waals surface area (Å²) in [4.78, 5) is 27.0. The number of carbonyl (C=O) groups is 2. The van der Waals surface area contributed by atoms with E-state index in [9.17, 15) is 14.7 Å². The standard InChI is InChI=1S/C34H30O8/c1-38-24-12-6-4-10-22(24)29-31(33(35)36)30(23-11-5-7-13-25(23)39-2)32(29)34(37)42-26-14-8-3-9-21(26)20-15-16-27-28(19-20)41-18-17-40-27/h3-16,19,29-32H,17-18H2,1-2H3,(H,35,36)/t29-,30-,31?,32?/m1/s1. The van der Waals surface area contributed by atoms with Crippen molar-refractivity contribution in [2.24, 2.45) is 11.8 Å². The lowest BCUT2D eigenvalue weighted by atomic mass is 9.52. The lowest BCUT2D eigenvalue weighted by molar-refractivity contribution is -0.158. The van der Waals surface area contributed by atoms with Gasteiger partial charge in [0.2, 0.25) is 0 Å². The van der Waals surface area contributed by atoms with Crippen LogP contribution in [0, 0.1) is 11.8 Å². The molecule has 1 heterocycles. The summed E-state index contributed by atoms with van der Waals surface area (Å²) in [5.41, 5.74) is 2.77. The minimum absolute atomic E-state index is 0.357. The average Bonchev–Trinajstić information content (AvgIpc) is 3.01. The molecule has 1 aliphatic carbocycles. The van der Waals surface area contributed by atoms with Gasteiger partial charge in [-0.25, -0.2) is 0 Å². The molecule has 42 heavy (non-hydrogen) atoms. The van der Waals surface area contributed by atoms with Crippen molar-refractivity contribution in [3.8, 4) is 39.9 Å². The van der Waals surface area contributed by atoms with Crippen LogP contribution in [-0.4, -0.2) is 44.5 Å². The molecule has 1 N–H and O–H groups in total. The van der Waals surface area contributed by atoms with Gasteiger partial charge in [0.1, 0.15) is 30.5 Å². The van der Waals surface area contributed by atoms with Crippen molar-refractivity contribution in [1.29, 1.82) is 0 Å². The van der Waals surface area contributed by atoms with E-state index in [0.29, 0.717) is 58.7 Å². The van der Waals surface area contributed by atoms with Gasteiger partial charge in [0.15, 0.2) is 11.5 Å². The van der Waals surface area contributed by atoms with Crippen LogP contribution in [0.4, 0.5) is 0 Å². The molecule has 0 amide bonds. The number of carboxylic acids is 1. The molecule has 2 aliphatic rings. The van der Waals surface area contributed by atoms with E-state index in [0.717, 1.165) is 5.56 Å². The normalized spacial score (nSPS) is 20.6. The average molecular weight is 567 g/mol. The first kappa shape index (κ1) is 27.2. The Morgan fingerprint density at radius 1 is 0.690 bits per heavy atom. The number of aliphatic carboxylic acids is 1. The van der Waals surface area contributed by atoms with E-state index in [-0.39, 0.29) is 0 Å². The third-order valence-corrected chi connectivity index (χ3v) is 8.05. The molecule has 6 rings (SSSR count). The number of rotatable bonds is 8. The molecule has 1 fully saturated rings. The van der Waals surface area contributed by atoms with Gasteiger partial charge >= 0.3 is 11.9 Å². The van der Waals surface area contributed by atoms with Crippen LogP contribution in [0.25, 0.3) is 11.1 Å². The van der Waals surface area contributed by atoms with Crippen LogP contribution >= 0.6 is 0 Å². The number of hydrogen-bond donors (Lipinski definition) is 1. The second-order valence-electron chi connectivity index (χ2n) is 10.2. The third-order valence-electron chi connectivity index (χ3n) is 8.05. The van der Waals surface area contributed by atoms with E-state index in [1.807, 2.05) is 54.6 Å². The number of carbonyl (C=O) groups excluding carboxylic acids is 1. The zero-order chi connectivity index (χ0) is 29.2. The number of esters is 1. The summed E-state index contributed by atoms with van der Waals surface area (Å²) in [6.07, 6.45) is 0. The fourth-order valence-electron chi connectivity index (χ4n) is 6.19. The molecular weight excluding hydrogens is 536 g/mol. The van der Waals surface area contributed by atoms with Gasteiger partial charge in [-0.2, -0.15) is 0 Å². The van der Waals surface area contributed by atoms with Crippen molar-refractivity contribution in [2.75, 3.05) is 27.4 Å².